The van der Waals surface area contributed by atoms with Gasteiger partial charge in [-0.05, 0) is 42.7 Å². The first-order chi connectivity index (χ1) is 15.4. The minimum absolute atomic E-state index is 0.0623. The van der Waals surface area contributed by atoms with Crippen molar-refractivity contribution in [1.82, 2.24) is 10.6 Å². The molecule has 4 N–H and O–H groups in total. The summed E-state index contributed by atoms with van der Waals surface area (Å²) in [4.78, 5) is 52.3. The van der Waals surface area contributed by atoms with E-state index in [0.29, 0.717) is 17.8 Å². The summed E-state index contributed by atoms with van der Waals surface area (Å²) in [5.41, 5.74) is 1.06. The molecule has 1 heterocycles. The van der Waals surface area contributed by atoms with Gasteiger partial charge in [-0.15, -0.1) is 0 Å². The lowest BCUT2D eigenvalue weighted by Crippen LogP contribution is -2.60. The number of carboxylic acid groups (broad SMARTS) is 1. The maximum Gasteiger partial charge on any atom is 0.326 e. The summed E-state index contributed by atoms with van der Waals surface area (Å²) in [5, 5.41) is 17.7. The van der Waals surface area contributed by atoms with Gasteiger partial charge in [-0.2, -0.15) is 0 Å². The molecule has 1 aliphatic heterocycles. The fourth-order valence-corrected chi connectivity index (χ4v) is 3.99. The molecule has 182 valence electrons. The molecular formula is C24H36N4O5. The number of nitrogens with one attached hydrogen (secondary N) is 3. The molecule has 4 amide bonds. The number of aliphatic carboxylic acids is 1. The number of para-hydroxylation sites is 2. The van der Waals surface area contributed by atoms with Crippen molar-refractivity contribution in [1.29, 1.82) is 0 Å². The van der Waals surface area contributed by atoms with Crippen LogP contribution in [0.2, 0.25) is 0 Å². The molecule has 0 unspecified atom stereocenters. The highest BCUT2D eigenvalue weighted by molar-refractivity contribution is 6.12. The minimum Gasteiger partial charge on any atom is -0.480 e. The number of carboxylic acids is 1. The Hall–Kier alpha value is -3.10. The van der Waals surface area contributed by atoms with Gasteiger partial charge in [0.2, 0.25) is 11.8 Å². The third-order valence-corrected chi connectivity index (χ3v) is 5.46. The summed E-state index contributed by atoms with van der Waals surface area (Å²) in [6, 6.07) is 3.67. The lowest BCUT2D eigenvalue weighted by atomic mass is 9.97. The van der Waals surface area contributed by atoms with Crippen LogP contribution in [0.1, 0.15) is 54.4 Å². The second-order valence-corrected chi connectivity index (χ2v) is 9.73. The number of benzene rings is 1. The number of hydrogen-bond acceptors (Lipinski definition) is 4. The minimum atomic E-state index is -1.12. The van der Waals surface area contributed by atoms with Crippen LogP contribution in [0.3, 0.4) is 0 Å². The zero-order chi connectivity index (χ0) is 24.9. The normalized spacial score (nSPS) is 17.4. The van der Waals surface area contributed by atoms with E-state index in [0.717, 1.165) is 0 Å². The molecular weight excluding hydrogens is 424 g/mol. The second kappa shape index (κ2) is 11.2. The van der Waals surface area contributed by atoms with Crippen molar-refractivity contribution < 1.29 is 24.3 Å². The van der Waals surface area contributed by atoms with Gasteiger partial charge >= 0.3 is 12.0 Å². The molecule has 3 atom stereocenters. The summed E-state index contributed by atoms with van der Waals surface area (Å²) in [6.45, 7) is 11.3. The average molecular weight is 461 g/mol. The van der Waals surface area contributed by atoms with Gasteiger partial charge in [-0.25, -0.2) is 9.59 Å². The van der Waals surface area contributed by atoms with Crippen LogP contribution < -0.4 is 20.9 Å². The Morgan fingerprint density at radius 3 is 2.09 bits per heavy atom. The largest absolute Gasteiger partial charge is 0.480 e. The molecule has 2 rings (SSSR count). The highest BCUT2D eigenvalue weighted by atomic mass is 16.4. The number of fused-ring (bicyclic) bond motifs is 1. The number of carbonyl (C=O) groups excluding carboxylic acids is 3. The number of nitrogens with zero attached hydrogens (tertiary/aromatic N) is 1. The van der Waals surface area contributed by atoms with Crippen LogP contribution in [0.5, 0.6) is 0 Å². The van der Waals surface area contributed by atoms with Crippen molar-refractivity contribution in [3.63, 3.8) is 0 Å². The van der Waals surface area contributed by atoms with E-state index >= 15 is 0 Å². The molecule has 1 aromatic carbocycles. The Morgan fingerprint density at radius 2 is 1.55 bits per heavy atom. The van der Waals surface area contributed by atoms with E-state index < -0.39 is 36.0 Å². The fraction of sp³-hybridized carbons (Fsp3) is 0.583. The molecule has 33 heavy (non-hydrogen) atoms. The Morgan fingerprint density at radius 1 is 0.970 bits per heavy atom. The Labute approximate surface area is 195 Å². The average Bonchev–Trinajstić information content (AvgIpc) is 2.70. The van der Waals surface area contributed by atoms with Gasteiger partial charge in [0.05, 0.1) is 11.4 Å². The van der Waals surface area contributed by atoms with Crippen molar-refractivity contribution in [2.75, 3.05) is 10.2 Å². The number of urea groups is 1. The molecule has 0 aliphatic carbocycles. The molecule has 9 nitrogen and oxygen atoms in total. The highest BCUT2D eigenvalue weighted by Crippen LogP contribution is 2.34. The van der Waals surface area contributed by atoms with Crippen LogP contribution in [0.4, 0.5) is 16.2 Å². The number of anilines is 2. The Kier molecular flexibility index (Phi) is 8.84. The molecule has 0 aromatic heterocycles. The maximum atomic E-state index is 13.5. The van der Waals surface area contributed by atoms with Gasteiger partial charge in [-0.1, -0.05) is 53.7 Å². The Balaban J connectivity index is 2.32. The SMILES string of the molecule is CC(C)C[C@H](NC(=O)[C@H](CC(C)C)NC(=O)N1c2ccccc2NC(=O)[C@H]1C(C)C)C(=O)O. The first-order valence-electron chi connectivity index (χ1n) is 11.4. The zero-order valence-electron chi connectivity index (χ0n) is 20.2. The van der Waals surface area contributed by atoms with Crippen molar-refractivity contribution >= 4 is 35.2 Å². The lowest BCUT2D eigenvalue weighted by Gasteiger charge is -2.39. The van der Waals surface area contributed by atoms with Crippen LogP contribution in [-0.2, 0) is 14.4 Å². The standard InChI is InChI=1S/C24H36N4O5/c1-13(2)11-17(21(29)26-18(23(31)32)12-14(3)4)27-24(33)28-19-10-8-7-9-16(19)25-22(30)20(28)15(5)6/h7-10,13-15,17-18,20H,11-12H2,1-6H3,(H,25,30)(H,26,29)(H,27,33)(H,31,32)/t17-,18-,20+/m0/s1. The van der Waals surface area contributed by atoms with Gasteiger partial charge in [0.25, 0.3) is 0 Å². The van der Waals surface area contributed by atoms with Gasteiger partial charge in [0, 0.05) is 0 Å². The van der Waals surface area contributed by atoms with Gasteiger partial charge < -0.3 is 21.1 Å². The predicted molar refractivity (Wildman–Crippen MR) is 127 cm³/mol. The first-order valence-corrected chi connectivity index (χ1v) is 11.4. The molecule has 0 fully saturated rings. The van der Waals surface area contributed by atoms with Crippen molar-refractivity contribution in [2.24, 2.45) is 17.8 Å². The van der Waals surface area contributed by atoms with Crippen LogP contribution in [0, 0.1) is 17.8 Å². The van der Waals surface area contributed by atoms with Gasteiger partial charge in [0.1, 0.15) is 18.1 Å². The predicted octanol–water partition coefficient (Wildman–Crippen LogP) is 3.21. The summed E-state index contributed by atoms with van der Waals surface area (Å²) in [6.07, 6.45) is 0.595. The summed E-state index contributed by atoms with van der Waals surface area (Å²) >= 11 is 0. The van der Waals surface area contributed by atoms with E-state index in [1.807, 2.05) is 41.5 Å². The maximum absolute atomic E-state index is 13.5. The monoisotopic (exact) mass is 460 g/mol. The second-order valence-electron chi connectivity index (χ2n) is 9.73. The molecule has 0 saturated carbocycles. The van der Waals surface area contributed by atoms with E-state index in [1.54, 1.807) is 24.3 Å². The third kappa shape index (κ3) is 6.69. The quantitative estimate of drug-likeness (QED) is 0.450. The lowest BCUT2D eigenvalue weighted by molar-refractivity contribution is -0.142. The summed E-state index contributed by atoms with van der Waals surface area (Å²) < 4.78 is 0. The first kappa shape index (κ1) is 26.2. The molecule has 0 spiro atoms. The van der Waals surface area contributed by atoms with E-state index in [4.69, 9.17) is 0 Å². The molecule has 1 aliphatic rings. The summed E-state index contributed by atoms with van der Waals surface area (Å²) in [7, 11) is 0. The summed E-state index contributed by atoms with van der Waals surface area (Å²) in [5.74, 6) is -2.02. The van der Waals surface area contributed by atoms with E-state index in [1.165, 1.54) is 4.90 Å². The van der Waals surface area contributed by atoms with Gasteiger partial charge in [-0.3, -0.25) is 14.5 Å². The van der Waals surface area contributed by atoms with Crippen molar-refractivity contribution in [3.05, 3.63) is 24.3 Å². The number of hydrogen-bond donors (Lipinski definition) is 4. The van der Waals surface area contributed by atoms with Crippen LogP contribution in [-0.4, -0.2) is 47.0 Å². The number of rotatable bonds is 9. The third-order valence-electron chi connectivity index (χ3n) is 5.46. The fourth-order valence-electron chi connectivity index (χ4n) is 3.99. The smallest absolute Gasteiger partial charge is 0.326 e. The zero-order valence-corrected chi connectivity index (χ0v) is 20.2. The van der Waals surface area contributed by atoms with Crippen LogP contribution >= 0.6 is 0 Å². The van der Waals surface area contributed by atoms with Crippen molar-refractivity contribution in [2.45, 2.75) is 72.5 Å². The molecule has 1 aromatic rings. The van der Waals surface area contributed by atoms with Crippen LogP contribution in [0.15, 0.2) is 24.3 Å². The molecule has 0 bridgehead atoms. The molecule has 9 heteroatoms. The highest BCUT2D eigenvalue weighted by Gasteiger charge is 2.40. The molecule has 0 saturated heterocycles. The van der Waals surface area contributed by atoms with E-state index in [9.17, 15) is 24.3 Å². The van der Waals surface area contributed by atoms with E-state index in [-0.39, 0.29) is 30.1 Å². The van der Waals surface area contributed by atoms with Crippen molar-refractivity contribution in [3.8, 4) is 0 Å². The number of amides is 4. The number of carbonyl (C=O) groups is 4. The van der Waals surface area contributed by atoms with E-state index in [2.05, 4.69) is 16.0 Å². The molecule has 0 radical (unpaired) electrons. The van der Waals surface area contributed by atoms with Crippen LogP contribution in [0.25, 0.3) is 0 Å². The topological polar surface area (TPSA) is 128 Å². The van der Waals surface area contributed by atoms with Gasteiger partial charge in [0.15, 0.2) is 0 Å². The Bertz CT molecular complexity index is 883.